The van der Waals surface area contributed by atoms with Crippen LogP contribution in [0.2, 0.25) is 0 Å². The van der Waals surface area contributed by atoms with Gasteiger partial charge >= 0.3 is 0 Å². The molecule has 0 unspecified atom stereocenters. The Hall–Kier alpha value is -5.96. The second-order valence-electron chi connectivity index (χ2n) is 11.7. The average Bonchev–Trinajstić information content (AvgIpc) is 3.81. The van der Waals surface area contributed by atoms with Crippen molar-refractivity contribution < 1.29 is 18.1 Å². The second kappa shape index (κ2) is 10.8. The summed E-state index contributed by atoms with van der Waals surface area (Å²) < 4.78 is 95.2. The fourth-order valence-corrected chi connectivity index (χ4v) is 8.11. The van der Waals surface area contributed by atoms with Gasteiger partial charge in [0, 0.05) is 42.1 Å². The van der Waals surface area contributed by atoms with Gasteiger partial charge in [-0.15, -0.1) is 11.3 Å². The fraction of sp³-hybridized carbons (Fsp3) is 0. The lowest BCUT2D eigenvalue weighted by Crippen LogP contribution is -1.91. The molecule has 0 saturated heterocycles. The summed E-state index contributed by atoms with van der Waals surface area (Å²) in [4.78, 5) is 0. The van der Waals surface area contributed by atoms with E-state index < -0.39 is 60.4 Å². The van der Waals surface area contributed by atoms with Gasteiger partial charge in [-0.3, -0.25) is 0 Å². The van der Waals surface area contributed by atoms with E-state index in [1.54, 1.807) is 23.5 Å². The lowest BCUT2D eigenvalue weighted by molar-refractivity contribution is 0.670. The number of hydrogen-bond acceptors (Lipinski definition) is 2. The Morgan fingerprint density at radius 2 is 0.979 bits per heavy atom. The van der Waals surface area contributed by atoms with Crippen LogP contribution in [-0.2, 0) is 0 Å². The molecule has 2 heterocycles. The van der Waals surface area contributed by atoms with Crippen LogP contribution in [0.25, 0.3) is 97.4 Å². The third-order valence-electron chi connectivity index (χ3n) is 9.00. The summed E-state index contributed by atoms with van der Waals surface area (Å²) in [6, 6.07) is 30.7. The topological polar surface area (TPSA) is 13.1 Å². The molecule has 0 aliphatic rings. The van der Waals surface area contributed by atoms with Crippen molar-refractivity contribution in [2.45, 2.75) is 0 Å². The summed E-state index contributed by atoms with van der Waals surface area (Å²) in [6.07, 6.45) is 0. The minimum Gasteiger partial charge on any atom is -0.455 e. The number of furan rings is 1. The van der Waals surface area contributed by atoms with Crippen molar-refractivity contribution in [1.82, 2.24) is 0 Å². The van der Waals surface area contributed by atoms with E-state index in [0.29, 0.717) is 22.3 Å². The Bertz CT molecular complexity index is 3270. The highest BCUT2D eigenvalue weighted by atomic mass is 32.1. The smallest absolute Gasteiger partial charge is 0.144 e. The minimum absolute atomic E-state index is 0.0834. The monoisotopic (exact) mass is 638 g/mol. The highest BCUT2D eigenvalue weighted by Gasteiger charge is 2.23. The van der Waals surface area contributed by atoms with Crippen LogP contribution in [-0.4, -0.2) is 0 Å². The number of rotatable bonds is 4. The summed E-state index contributed by atoms with van der Waals surface area (Å²) >= 11 is 1.73. The molecule has 2 heteroatoms. The van der Waals surface area contributed by atoms with Crippen LogP contribution >= 0.6 is 11.3 Å². The van der Waals surface area contributed by atoms with Crippen LogP contribution in [0.3, 0.4) is 0 Å². The van der Waals surface area contributed by atoms with E-state index in [2.05, 4.69) is 36.4 Å². The first-order chi connectivity index (χ1) is 27.9. The molecule has 1 nitrogen and oxygen atoms in total. The van der Waals surface area contributed by atoms with E-state index in [1.165, 1.54) is 21.5 Å². The molecule has 0 aliphatic heterocycles. The van der Waals surface area contributed by atoms with Gasteiger partial charge in [-0.2, -0.15) is 0 Å². The fourth-order valence-electron chi connectivity index (χ4n) is 6.96. The van der Waals surface area contributed by atoms with Gasteiger partial charge in [-0.05, 0) is 80.6 Å². The van der Waals surface area contributed by atoms with Gasteiger partial charge in [0.15, 0.2) is 0 Å². The zero-order valence-electron chi connectivity index (χ0n) is 35.2. The SMILES string of the molecule is [2H]c1c([2H])c([2H])c(-c2cc(-c3c([2H])c([2H])c([2H])c([2H])c3[2H])cc(-c3c4ccccc4c(-c4ccc5c(c4)sc4ccccc45)c4c3oc3ccccc34)c2)c([2H])c1[2H]. The molecule has 2 aromatic heterocycles. The molecular weight excluding hydrogens is 601 g/mol. The third kappa shape index (κ3) is 4.24. The second-order valence-corrected chi connectivity index (χ2v) is 12.8. The first kappa shape index (κ1) is 19.0. The molecular formula is C46H28OS. The maximum Gasteiger partial charge on any atom is 0.144 e. The Balaban J connectivity index is 1.36. The molecule has 0 spiro atoms. The van der Waals surface area contributed by atoms with Crippen LogP contribution in [0.5, 0.6) is 0 Å². The lowest BCUT2D eigenvalue weighted by atomic mass is 9.86. The molecule has 224 valence electrons. The summed E-state index contributed by atoms with van der Waals surface area (Å²) in [7, 11) is 0. The first-order valence-corrected chi connectivity index (χ1v) is 16.3. The van der Waals surface area contributed by atoms with Crippen LogP contribution < -0.4 is 0 Å². The molecule has 48 heavy (non-hydrogen) atoms. The van der Waals surface area contributed by atoms with Crippen LogP contribution in [0.15, 0.2) is 174 Å². The summed E-state index contributed by atoms with van der Waals surface area (Å²) in [6.45, 7) is 0. The first-order valence-electron chi connectivity index (χ1n) is 20.5. The van der Waals surface area contributed by atoms with E-state index >= 15 is 0 Å². The van der Waals surface area contributed by atoms with Crippen molar-refractivity contribution in [2.75, 3.05) is 0 Å². The quantitative estimate of drug-likeness (QED) is 0.187. The predicted octanol–water partition coefficient (Wildman–Crippen LogP) is 13.8. The van der Waals surface area contributed by atoms with Gasteiger partial charge in [-0.25, -0.2) is 0 Å². The molecule has 10 aromatic rings. The van der Waals surface area contributed by atoms with Crippen molar-refractivity contribution >= 4 is 64.2 Å². The Morgan fingerprint density at radius 1 is 0.417 bits per heavy atom. The Labute approximate surface area is 296 Å². The third-order valence-corrected chi connectivity index (χ3v) is 10.1. The molecule has 0 aliphatic carbocycles. The maximum absolute atomic E-state index is 8.91. The summed E-state index contributed by atoms with van der Waals surface area (Å²) in [5.41, 5.74) is 4.53. The Morgan fingerprint density at radius 3 is 1.69 bits per heavy atom. The van der Waals surface area contributed by atoms with Crippen molar-refractivity contribution in [3.63, 3.8) is 0 Å². The molecule has 0 N–H and O–H groups in total. The molecule has 0 radical (unpaired) electrons. The van der Waals surface area contributed by atoms with Crippen molar-refractivity contribution in [3.8, 4) is 44.5 Å². The van der Waals surface area contributed by atoms with Crippen molar-refractivity contribution in [2.24, 2.45) is 0 Å². The van der Waals surface area contributed by atoms with Gasteiger partial charge in [0.25, 0.3) is 0 Å². The minimum atomic E-state index is -0.542. The van der Waals surface area contributed by atoms with Crippen molar-refractivity contribution in [1.29, 1.82) is 0 Å². The van der Waals surface area contributed by atoms with Gasteiger partial charge in [0.05, 0.1) is 13.7 Å². The highest BCUT2D eigenvalue weighted by Crippen LogP contribution is 2.49. The van der Waals surface area contributed by atoms with E-state index in [9.17, 15) is 0 Å². The predicted molar refractivity (Wildman–Crippen MR) is 206 cm³/mol. The molecule has 0 fully saturated rings. The standard InChI is InChI=1S/C46H28OS/c1-3-13-29(14-4-1)32-25-33(30-15-5-2-6-16-30)27-34(26-32)44-38-19-8-7-18-37(38)43(45-39-20-9-11-21-40(39)47-46(44)45)31-23-24-36-35-17-10-12-22-41(35)48-42(36)28-31/h1-28H/i1D,2D,3D,4D,5D,6D,13D,14D,15D,16D. The molecule has 0 amide bonds. The number of fused-ring (bicyclic) bond motifs is 7. The zero-order chi connectivity index (χ0) is 40.3. The molecule has 0 bridgehead atoms. The average molecular weight is 639 g/mol. The largest absolute Gasteiger partial charge is 0.455 e. The lowest BCUT2D eigenvalue weighted by Gasteiger charge is -2.17. The number of hydrogen-bond donors (Lipinski definition) is 0. The van der Waals surface area contributed by atoms with E-state index in [4.69, 9.17) is 18.1 Å². The summed E-state index contributed by atoms with van der Waals surface area (Å²) in [5, 5.41) is 5.80. The van der Waals surface area contributed by atoms with Gasteiger partial charge in [0.1, 0.15) is 11.2 Å². The number of benzene rings is 8. The molecule has 0 atom stereocenters. The van der Waals surface area contributed by atoms with Gasteiger partial charge in [-0.1, -0.05) is 133 Å². The Kier molecular flexibility index (Phi) is 4.28. The van der Waals surface area contributed by atoms with Gasteiger partial charge in [0.2, 0.25) is 0 Å². The van der Waals surface area contributed by atoms with Crippen molar-refractivity contribution in [3.05, 3.63) is 170 Å². The van der Waals surface area contributed by atoms with Crippen LogP contribution in [0, 0.1) is 0 Å². The maximum atomic E-state index is 8.91. The van der Waals surface area contributed by atoms with Gasteiger partial charge < -0.3 is 4.42 Å². The van der Waals surface area contributed by atoms with Crippen LogP contribution in [0.4, 0.5) is 0 Å². The number of para-hydroxylation sites is 1. The van der Waals surface area contributed by atoms with E-state index in [0.717, 1.165) is 37.4 Å². The normalized spacial score (nSPS) is 14.7. The number of thiophene rings is 1. The molecule has 10 rings (SSSR count). The molecule has 0 saturated carbocycles. The summed E-state index contributed by atoms with van der Waals surface area (Å²) in [5.74, 6) is 0. The van der Waals surface area contributed by atoms with E-state index in [-0.39, 0.29) is 22.3 Å². The molecule has 8 aromatic carbocycles. The highest BCUT2D eigenvalue weighted by molar-refractivity contribution is 7.25. The van der Waals surface area contributed by atoms with Crippen LogP contribution in [0.1, 0.15) is 13.7 Å². The van der Waals surface area contributed by atoms with E-state index in [1.807, 2.05) is 54.6 Å². The zero-order valence-corrected chi connectivity index (χ0v) is 26.0.